The lowest BCUT2D eigenvalue weighted by molar-refractivity contribution is -0.136. The fourth-order valence-electron chi connectivity index (χ4n) is 4.87. The van der Waals surface area contributed by atoms with Crippen LogP contribution >= 0.6 is 0 Å². The maximum atomic E-state index is 13.1. The molecule has 2 saturated heterocycles. The van der Waals surface area contributed by atoms with Crippen LogP contribution in [0.25, 0.3) is 11.1 Å². The molecule has 4 amide bonds. The van der Waals surface area contributed by atoms with Gasteiger partial charge in [0.05, 0.1) is 11.1 Å². The van der Waals surface area contributed by atoms with E-state index in [4.69, 9.17) is 5.73 Å². The molecule has 33 heavy (non-hydrogen) atoms. The van der Waals surface area contributed by atoms with Crippen LogP contribution in [0.4, 0.5) is 0 Å². The van der Waals surface area contributed by atoms with E-state index < -0.39 is 23.8 Å². The molecule has 0 bridgehead atoms. The Morgan fingerprint density at radius 3 is 2.36 bits per heavy atom. The van der Waals surface area contributed by atoms with E-state index in [-0.39, 0.29) is 29.9 Å². The number of piperidine rings is 2. The first kappa shape index (κ1) is 21.5. The van der Waals surface area contributed by atoms with Crippen LogP contribution in [0.2, 0.25) is 0 Å². The van der Waals surface area contributed by atoms with Crippen LogP contribution in [0, 0.1) is 0 Å². The van der Waals surface area contributed by atoms with Crippen molar-refractivity contribution in [1.29, 1.82) is 0 Å². The number of benzene rings is 2. The third-order valence-electron chi connectivity index (χ3n) is 6.74. The first-order valence-corrected chi connectivity index (χ1v) is 11.3. The Morgan fingerprint density at radius 2 is 1.61 bits per heavy atom. The number of nitrogens with one attached hydrogen (secondary N) is 1. The summed E-state index contributed by atoms with van der Waals surface area (Å²) in [6.07, 6.45) is 2.26. The molecule has 0 radical (unpaired) electrons. The van der Waals surface area contributed by atoms with E-state index in [0.717, 1.165) is 48.5 Å². The third-order valence-corrected chi connectivity index (χ3v) is 6.74. The van der Waals surface area contributed by atoms with Crippen LogP contribution in [-0.4, -0.2) is 58.6 Å². The quantitative estimate of drug-likeness (QED) is 0.691. The summed E-state index contributed by atoms with van der Waals surface area (Å²) >= 11 is 0. The first-order chi connectivity index (χ1) is 15.9. The molecule has 2 fully saturated rings. The van der Waals surface area contributed by atoms with E-state index in [1.807, 2.05) is 18.2 Å². The number of amides is 4. The Hall–Kier alpha value is -3.36. The summed E-state index contributed by atoms with van der Waals surface area (Å²) in [7, 11) is 0. The Balaban J connectivity index is 1.37. The highest BCUT2D eigenvalue weighted by Gasteiger charge is 2.44. The van der Waals surface area contributed by atoms with Crippen LogP contribution in [0.1, 0.15) is 52.0 Å². The molecule has 3 heterocycles. The average Bonchev–Trinajstić information content (AvgIpc) is 3.05. The predicted octanol–water partition coefficient (Wildman–Crippen LogP) is 1.68. The third kappa shape index (κ3) is 4.07. The highest BCUT2D eigenvalue weighted by Crippen LogP contribution is 2.31. The van der Waals surface area contributed by atoms with E-state index in [2.05, 4.69) is 22.3 Å². The van der Waals surface area contributed by atoms with Crippen molar-refractivity contribution >= 4 is 23.6 Å². The molecule has 3 aliphatic rings. The van der Waals surface area contributed by atoms with Crippen LogP contribution in [0.5, 0.6) is 0 Å². The fraction of sp³-hybridized carbons (Fsp3) is 0.360. The molecule has 8 heteroatoms. The summed E-state index contributed by atoms with van der Waals surface area (Å²) < 4.78 is 0. The van der Waals surface area contributed by atoms with Gasteiger partial charge < -0.3 is 5.73 Å². The summed E-state index contributed by atoms with van der Waals surface area (Å²) in [6.45, 7) is 2.81. The van der Waals surface area contributed by atoms with Crippen molar-refractivity contribution in [2.45, 2.75) is 44.3 Å². The van der Waals surface area contributed by atoms with Gasteiger partial charge in [-0.05, 0) is 67.2 Å². The second kappa shape index (κ2) is 8.53. The molecule has 3 N–H and O–H groups in total. The van der Waals surface area contributed by atoms with Gasteiger partial charge in [0.2, 0.25) is 11.8 Å². The van der Waals surface area contributed by atoms with Crippen molar-refractivity contribution < 1.29 is 19.2 Å². The van der Waals surface area contributed by atoms with E-state index in [1.54, 1.807) is 12.1 Å². The zero-order valence-corrected chi connectivity index (χ0v) is 18.3. The zero-order chi connectivity index (χ0) is 23.1. The number of nitrogens with two attached hydrogens (primary N) is 1. The SMILES string of the molecule is NC1CCN(Cc2cccc(-c3ccc4c(c3)C(=O)N(C3CCC(=O)NC3=O)C4=O)c2)CC1. The van der Waals surface area contributed by atoms with Crippen LogP contribution < -0.4 is 11.1 Å². The van der Waals surface area contributed by atoms with E-state index >= 15 is 0 Å². The van der Waals surface area contributed by atoms with Crippen molar-refractivity contribution in [2.75, 3.05) is 13.1 Å². The van der Waals surface area contributed by atoms with Gasteiger partial charge in [-0.1, -0.05) is 24.3 Å². The molecular weight excluding hydrogens is 420 g/mol. The highest BCUT2D eigenvalue weighted by atomic mass is 16.2. The minimum absolute atomic E-state index is 0.102. The minimum atomic E-state index is -0.959. The molecule has 0 spiro atoms. The molecule has 170 valence electrons. The van der Waals surface area contributed by atoms with Crippen molar-refractivity contribution in [3.63, 3.8) is 0 Å². The molecule has 1 unspecified atom stereocenters. The number of carbonyl (C=O) groups is 4. The first-order valence-electron chi connectivity index (χ1n) is 11.3. The summed E-state index contributed by atoms with van der Waals surface area (Å²) in [5, 5.41) is 2.22. The highest BCUT2D eigenvalue weighted by molar-refractivity contribution is 6.23. The monoisotopic (exact) mass is 446 g/mol. The number of imide groups is 2. The Bertz CT molecular complexity index is 1150. The fourth-order valence-corrected chi connectivity index (χ4v) is 4.87. The van der Waals surface area contributed by atoms with E-state index in [0.29, 0.717) is 6.04 Å². The molecule has 2 aromatic rings. The Kier molecular flexibility index (Phi) is 5.55. The van der Waals surface area contributed by atoms with E-state index in [1.165, 1.54) is 5.56 Å². The molecule has 0 saturated carbocycles. The van der Waals surface area contributed by atoms with Crippen molar-refractivity contribution in [2.24, 2.45) is 5.73 Å². The van der Waals surface area contributed by atoms with Crippen molar-refractivity contribution in [3.05, 3.63) is 59.2 Å². The minimum Gasteiger partial charge on any atom is -0.328 e. The number of nitrogens with zero attached hydrogens (tertiary/aromatic N) is 2. The summed E-state index contributed by atoms with van der Waals surface area (Å²) in [5.74, 6) is -1.98. The van der Waals surface area contributed by atoms with Crippen molar-refractivity contribution in [3.8, 4) is 11.1 Å². The number of hydrogen-bond donors (Lipinski definition) is 2. The molecule has 0 aliphatic carbocycles. The largest absolute Gasteiger partial charge is 0.328 e. The average molecular weight is 447 g/mol. The standard InChI is InChI=1S/C25H26N4O4/c26-18-8-10-28(11-9-18)14-15-2-1-3-16(12-15)17-4-5-19-20(13-17)25(33)29(24(19)32)21-6-7-22(30)27-23(21)31/h1-5,12-13,18,21H,6-11,14,26H2,(H,27,30,31). The summed E-state index contributed by atoms with van der Waals surface area (Å²) in [5.41, 5.74) is 9.56. The topological polar surface area (TPSA) is 113 Å². The molecular formula is C25H26N4O4. The summed E-state index contributed by atoms with van der Waals surface area (Å²) in [4.78, 5) is 53.1. The maximum absolute atomic E-state index is 13.1. The molecule has 8 nitrogen and oxygen atoms in total. The van der Waals surface area contributed by atoms with Gasteiger partial charge in [0, 0.05) is 19.0 Å². The molecule has 2 aromatic carbocycles. The van der Waals surface area contributed by atoms with Gasteiger partial charge in [-0.3, -0.25) is 34.3 Å². The number of rotatable bonds is 4. The molecule has 5 rings (SSSR count). The Labute approximate surface area is 191 Å². The zero-order valence-electron chi connectivity index (χ0n) is 18.3. The van der Waals surface area contributed by atoms with Crippen LogP contribution in [0.3, 0.4) is 0 Å². The van der Waals surface area contributed by atoms with Gasteiger partial charge in [-0.15, -0.1) is 0 Å². The number of fused-ring (bicyclic) bond motifs is 1. The number of carbonyl (C=O) groups excluding carboxylic acids is 4. The van der Waals surface area contributed by atoms with Gasteiger partial charge >= 0.3 is 0 Å². The molecule has 0 aromatic heterocycles. The van der Waals surface area contributed by atoms with Crippen LogP contribution in [0.15, 0.2) is 42.5 Å². The van der Waals surface area contributed by atoms with Gasteiger partial charge in [0.1, 0.15) is 6.04 Å². The van der Waals surface area contributed by atoms with Gasteiger partial charge in [-0.2, -0.15) is 0 Å². The van der Waals surface area contributed by atoms with Crippen molar-refractivity contribution in [1.82, 2.24) is 15.1 Å². The second-order valence-electron chi connectivity index (χ2n) is 9.02. The van der Waals surface area contributed by atoms with Gasteiger partial charge in [-0.25, -0.2) is 0 Å². The predicted molar refractivity (Wildman–Crippen MR) is 121 cm³/mol. The summed E-state index contributed by atoms with van der Waals surface area (Å²) in [6, 6.07) is 12.7. The van der Waals surface area contributed by atoms with Gasteiger partial charge in [0.15, 0.2) is 0 Å². The Morgan fingerprint density at radius 1 is 0.879 bits per heavy atom. The number of likely N-dealkylation sites (tertiary alicyclic amines) is 1. The lowest BCUT2D eigenvalue weighted by Crippen LogP contribution is -2.54. The van der Waals surface area contributed by atoms with Crippen LogP contribution in [-0.2, 0) is 16.1 Å². The lowest BCUT2D eigenvalue weighted by Gasteiger charge is -2.30. The normalized spacial score (nSPS) is 22.0. The molecule has 3 aliphatic heterocycles. The van der Waals surface area contributed by atoms with E-state index in [9.17, 15) is 19.2 Å². The number of hydrogen-bond acceptors (Lipinski definition) is 6. The lowest BCUT2D eigenvalue weighted by atomic mass is 9.98. The smallest absolute Gasteiger partial charge is 0.262 e. The maximum Gasteiger partial charge on any atom is 0.262 e. The molecule has 1 atom stereocenters. The second-order valence-corrected chi connectivity index (χ2v) is 9.02. The van der Waals surface area contributed by atoms with Gasteiger partial charge in [0.25, 0.3) is 11.8 Å².